The summed E-state index contributed by atoms with van der Waals surface area (Å²) in [4.78, 5) is 25.0. The fourth-order valence-electron chi connectivity index (χ4n) is 3.84. The van der Waals surface area contributed by atoms with Gasteiger partial charge in [0.2, 0.25) is 5.91 Å². The summed E-state index contributed by atoms with van der Waals surface area (Å²) < 4.78 is 1.85. The van der Waals surface area contributed by atoms with Crippen molar-refractivity contribution >= 4 is 45.7 Å². The van der Waals surface area contributed by atoms with Crippen LogP contribution >= 0.6 is 11.8 Å². The van der Waals surface area contributed by atoms with Gasteiger partial charge in [-0.3, -0.25) is 9.59 Å². The second kappa shape index (κ2) is 10.5. The molecule has 0 aliphatic rings. The van der Waals surface area contributed by atoms with Crippen molar-refractivity contribution in [2.45, 2.75) is 5.16 Å². The lowest BCUT2D eigenvalue weighted by Crippen LogP contribution is -2.14. The van der Waals surface area contributed by atoms with Gasteiger partial charge in [0, 0.05) is 34.9 Å². The van der Waals surface area contributed by atoms with Crippen LogP contribution in [0.15, 0.2) is 102 Å². The minimum absolute atomic E-state index is 0.112. The zero-order valence-corrected chi connectivity index (χ0v) is 20.3. The number of hydrogen-bond donors (Lipinski definition) is 2. The summed E-state index contributed by atoms with van der Waals surface area (Å²) in [5, 5.41) is 17.2. The van der Waals surface area contributed by atoms with E-state index in [1.165, 1.54) is 11.8 Å². The van der Waals surface area contributed by atoms with Crippen LogP contribution in [0.25, 0.3) is 22.2 Å². The highest BCUT2D eigenvalue weighted by Gasteiger charge is 2.14. The first-order valence-electron chi connectivity index (χ1n) is 11.3. The maximum Gasteiger partial charge on any atom is 0.255 e. The van der Waals surface area contributed by atoms with Crippen LogP contribution in [-0.4, -0.2) is 32.3 Å². The monoisotopic (exact) mass is 493 g/mol. The molecule has 2 N–H and O–H groups in total. The number of nitrogens with zero attached hydrogens (tertiary/aromatic N) is 3. The summed E-state index contributed by atoms with van der Waals surface area (Å²) in [7, 11) is 1.87. The van der Waals surface area contributed by atoms with Crippen molar-refractivity contribution in [1.29, 1.82) is 0 Å². The number of carbonyl (C=O) groups is 2. The fraction of sp³-hybridized carbons (Fsp3) is 0.0714. The average Bonchev–Trinajstić information content (AvgIpc) is 3.28. The first-order chi connectivity index (χ1) is 17.6. The Morgan fingerprint density at radius 2 is 1.53 bits per heavy atom. The van der Waals surface area contributed by atoms with E-state index in [0.29, 0.717) is 22.2 Å². The molecule has 4 aromatic carbocycles. The maximum absolute atomic E-state index is 12.6. The first kappa shape index (κ1) is 23.3. The lowest BCUT2D eigenvalue weighted by atomic mass is 10.1. The van der Waals surface area contributed by atoms with Gasteiger partial charge in [-0.25, -0.2) is 0 Å². The third-order valence-corrected chi connectivity index (χ3v) is 6.69. The van der Waals surface area contributed by atoms with Gasteiger partial charge in [-0.2, -0.15) is 0 Å². The minimum Gasteiger partial charge on any atom is -0.325 e. The number of amides is 2. The normalized spacial score (nSPS) is 10.8. The van der Waals surface area contributed by atoms with E-state index in [2.05, 4.69) is 20.8 Å². The van der Waals surface area contributed by atoms with Gasteiger partial charge < -0.3 is 15.2 Å². The van der Waals surface area contributed by atoms with Gasteiger partial charge in [-0.05, 0) is 47.9 Å². The Hall–Kier alpha value is -4.43. The molecule has 36 heavy (non-hydrogen) atoms. The average molecular weight is 494 g/mol. The number of aromatic nitrogens is 3. The number of nitrogens with one attached hydrogen (secondary N) is 2. The van der Waals surface area contributed by atoms with Crippen molar-refractivity contribution in [3.63, 3.8) is 0 Å². The highest BCUT2D eigenvalue weighted by molar-refractivity contribution is 7.99. The van der Waals surface area contributed by atoms with Crippen LogP contribution in [0.4, 0.5) is 11.4 Å². The molecule has 7 nitrogen and oxygen atoms in total. The van der Waals surface area contributed by atoms with E-state index in [1.54, 1.807) is 12.1 Å². The predicted molar refractivity (Wildman–Crippen MR) is 144 cm³/mol. The van der Waals surface area contributed by atoms with Gasteiger partial charge in [-0.1, -0.05) is 66.4 Å². The zero-order valence-electron chi connectivity index (χ0n) is 19.5. The Morgan fingerprint density at radius 1 is 0.806 bits per heavy atom. The summed E-state index contributed by atoms with van der Waals surface area (Å²) in [5.74, 6) is 0.606. The topological polar surface area (TPSA) is 88.9 Å². The molecule has 0 bridgehead atoms. The van der Waals surface area contributed by atoms with E-state index in [1.807, 2.05) is 96.5 Å². The maximum atomic E-state index is 12.6. The lowest BCUT2D eigenvalue weighted by molar-refractivity contribution is -0.113. The van der Waals surface area contributed by atoms with Crippen LogP contribution in [0.3, 0.4) is 0 Å². The molecular formula is C28H23N5O2S. The molecule has 5 rings (SSSR count). The summed E-state index contributed by atoms with van der Waals surface area (Å²) >= 11 is 1.32. The van der Waals surface area contributed by atoms with Crippen molar-refractivity contribution in [1.82, 2.24) is 14.8 Å². The molecule has 1 aromatic heterocycles. The molecule has 1 heterocycles. The van der Waals surface area contributed by atoms with Crippen LogP contribution in [-0.2, 0) is 11.8 Å². The van der Waals surface area contributed by atoms with Crippen LogP contribution in [0.2, 0.25) is 0 Å². The molecule has 0 saturated carbocycles. The van der Waals surface area contributed by atoms with E-state index < -0.39 is 0 Å². The molecule has 5 aromatic rings. The Balaban J connectivity index is 1.21. The molecule has 2 amide bonds. The van der Waals surface area contributed by atoms with E-state index in [-0.39, 0.29) is 17.6 Å². The third-order valence-electron chi connectivity index (χ3n) is 5.67. The number of carbonyl (C=O) groups excluding carboxylic acids is 2. The number of hydrogen-bond acceptors (Lipinski definition) is 5. The second-order valence-electron chi connectivity index (χ2n) is 8.13. The predicted octanol–water partition coefficient (Wildman–Crippen LogP) is 5.62. The van der Waals surface area contributed by atoms with Gasteiger partial charge in [0.15, 0.2) is 11.0 Å². The molecule has 0 atom stereocenters. The molecule has 0 radical (unpaired) electrons. The quantitative estimate of drug-likeness (QED) is 0.287. The standard InChI is InChI=1S/C28H23N5O2S/c1-33-26(20-14-16-22(17-15-20)29-27(35)21-9-3-2-4-10-21)31-32-28(33)36-18-25(34)30-24-13-7-11-19-8-5-6-12-23(19)24/h2-17H,18H2,1H3,(H,29,35)(H,30,34). The van der Waals surface area contributed by atoms with Crippen LogP contribution < -0.4 is 10.6 Å². The largest absolute Gasteiger partial charge is 0.325 e. The number of anilines is 2. The molecule has 0 saturated heterocycles. The number of benzene rings is 4. The number of rotatable bonds is 7. The second-order valence-corrected chi connectivity index (χ2v) is 9.07. The molecule has 0 unspecified atom stereocenters. The highest BCUT2D eigenvalue weighted by atomic mass is 32.2. The molecule has 178 valence electrons. The SMILES string of the molecule is Cn1c(SCC(=O)Nc2cccc3ccccc23)nnc1-c1ccc(NC(=O)c2ccccc2)cc1. The van der Waals surface area contributed by atoms with E-state index in [4.69, 9.17) is 0 Å². The van der Waals surface area contributed by atoms with Crippen LogP contribution in [0.1, 0.15) is 10.4 Å². The van der Waals surface area contributed by atoms with Gasteiger partial charge in [0.05, 0.1) is 5.75 Å². The molecule has 0 fully saturated rings. The van der Waals surface area contributed by atoms with Crippen LogP contribution in [0, 0.1) is 0 Å². The third kappa shape index (κ3) is 5.13. The summed E-state index contributed by atoms with van der Waals surface area (Å²) in [6.07, 6.45) is 0. The Morgan fingerprint density at radius 3 is 2.33 bits per heavy atom. The minimum atomic E-state index is -0.164. The smallest absolute Gasteiger partial charge is 0.255 e. The van der Waals surface area contributed by atoms with Crippen LogP contribution in [0.5, 0.6) is 0 Å². The van der Waals surface area contributed by atoms with Crippen molar-refractivity contribution in [3.8, 4) is 11.4 Å². The van der Waals surface area contributed by atoms with Gasteiger partial charge in [-0.15, -0.1) is 10.2 Å². The van der Waals surface area contributed by atoms with Crippen molar-refractivity contribution in [2.75, 3.05) is 16.4 Å². The van der Waals surface area contributed by atoms with Gasteiger partial charge in [0.1, 0.15) is 0 Å². The Kier molecular flexibility index (Phi) is 6.77. The molecule has 0 aliphatic heterocycles. The van der Waals surface area contributed by atoms with E-state index in [0.717, 1.165) is 22.0 Å². The van der Waals surface area contributed by atoms with Crippen molar-refractivity contribution in [2.24, 2.45) is 7.05 Å². The number of fused-ring (bicyclic) bond motifs is 1. The molecule has 0 aliphatic carbocycles. The Bertz CT molecular complexity index is 1530. The Labute approximate surface area is 212 Å². The molecule has 8 heteroatoms. The van der Waals surface area contributed by atoms with Gasteiger partial charge >= 0.3 is 0 Å². The molecular weight excluding hydrogens is 470 g/mol. The first-order valence-corrected chi connectivity index (χ1v) is 12.3. The summed E-state index contributed by atoms with van der Waals surface area (Å²) in [6.45, 7) is 0. The van der Waals surface area contributed by atoms with E-state index in [9.17, 15) is 9.59 Å². The summed E-state index contributed by atoms with van der Waals surface area (Å²) in [5.41, 5.74) is 2.93. The van der Waals surface area contributed by atoms with E-state index >= 15 is 0 Å². The molecule has 0 spiro atoms. The van der Waals surface area contributed by atoms with Crippen molar-refractivity contribution < 1.29 is 9.59 Å². The van der Waals surface area contributed by atoms with Gasteiger partial charge in [0.25, 0.3) is 5.91 Å². The fourth-order valence-corrected chi connectivity index (χ4v) is 4.55. The summed E-state index contributed by atoms with van der Waals surface area (Å²) in [6, 6.07) is 30.3. The number of thioether (sulfide) groups is 1. The lowest BCUT2D eigenvalue weighted by Gasteiger charge is -2.09. The van der Waals surface area contributed by atoms with Crippen molar-refractivity contribution in [3.05, 3.63) is 103 Å². The highest BCUT2D eigenvalue weighted by Crippen LogP contribution is 2.26. The zero-order chi connectivity index (χ0) is 24.9.